The normalized spacial score (nSPS) is 16.3. The lowest BCUT2D eigenvalue weighted by atomic mass is 9.49. The molecule has 0 spiro atoms. The Labute approximate surface area is 264 Å². The van der Waals surface area contributed by atoms with Crippen molar-refractivity contribution >= 4 is 41.6 Å². The Morgan fingerprint density at radius 3 is 1.89 bits per heavy atom. The SMILES string of the molecule is CC(C)NC(=O)C1=Cc2cc(-c3ccc(C(=O)N4CCCC4)cc3)ccc2N=C(N(C(=O)O)C(=O)O)C1(C(C)(C)C)C(C)(C)C. The third-order valence-electron chi connectivity index (χ3n) is 8.66. The molecule has 4 amide bonds. The number of hydrogen-bond donors (Lipinski definition) is 3. The molecule has 0 bridgehead atoms. The van der Waals surface area contributed by atoms with E-state index < -0.39 is 34.3 Å². The van der Waals surface area contributed by atoms with E-state index in [0.717, 1.165) is 37.1 Å². The van der Waals surface area contributed by atoms with Gasteiger partial charge in [0.2, 0.25) is 5.91 Å². The Kier molecular flexibility index (Phi) is 9.02. The lowest BCUT2D eigenvalue weighted by Crippen LogP contribution is -2.62. The van der Waals surface area contributed by atoms with Crippen molar-refractivity contribution in [1.29, 1.82) is 0 Å². The zero-order valence-corrected chi connectivity index (χ0v) is 27.4. The lowest BCUT2D eigenvalue weighted by Gasteiger charge is -2.55. The standard InChI is InChI=1S/C35H44N4O6/c1-21(2)36-28(40)26-20-25-19-24(22-11-13-23(14-12-22)29(41)38-17-9-10-18-38)15-16-27(25)37-30(39(31(42)43)32(44)45)35(26,33(3,4)5)34(6,7)8/h11-16,19-21H,9-10,17-18H2,1-8H3,(H,36,40)(H,42,43)(H,44,45). The van der Waals surface area contributed by atoms with Crippen LogP contribution in [0.1, 0.15) is 84.2 Å². The second-order valence-electron chi connectivity index (χ2n) is 14.1. The first-order valence-corrected chi connectivity index (χ1v) is 15.3. The van der Waals surface area contributed by atoms with Crippen LogP contribution < -0.4 is 5.32 Å². The second-order valence-corrected chi connectivity index (χ2v) is 14.1. The molecule has 0 aliphatic carbocycles. The van der Waals surface area contributed by atoms with Crippen LogP contribution >= 0.6 is 0 Å². The fourth-order valence-corrected chi connectivity index (χ4v) is 7.10. The first-order valence-electron chi connectivity index (χ1n) is 15.3. The van der Waals surface area contributed by atoms with E-state index >= 15 is 0 Å². The van der Waals surface area contributed by atoms with Crippen LogP contribution in [0.3, 0.4) is 0 Å². The average Bonchev–Trinajstić information content (AvgIpc) is 3.40. The van der Waals surface area contributed by atoms with Gasteiger partial charge in [-0.15, -0.1) is 0 Å². The molecular weight excluding hydrogens is 572 g/mol. The molecule has 2 aliphatic rings. The Hall–Kier alpha value is -4.47. The highest BCUT2D eigenvalue weighted by atomic mass is 16.4. The van der Waals surface area contributed by atoms with Gasteiger partial charge < -0.3 is 20.4 Å². The predicted octanol–water partition coefficient (Wildman–Crippen LogP) is 7.28. The molecule has 2 aromatic rings. The largest absolute Gasteiger partial charge is 0.464 e. The molecule has 4 rings (SSSR count). The summed E-state index contributed by atoms with van der Waals surface area (Å²) in [4.78, 5) is 59.1. The highest BCUT2D eigenvalue weighted by Crippen LogP contribution is 2.60. The minimum absolute atomic E-state index is 0.00806. The number of aliphatic imine (C=N–C) groups is 1. The number of nitrogens with zero attached hydrogens (tertiary/aromatic N) is 3. The molecular formula is C35H44N4O6. The van der Waals surface area contributed by atoms with Gasteiger partial charge in [-0.25, -0.2) is 14.6 Å². The number of imide groups is 1. The minimum atomic E-state index is -1.72. The van der Waals surface area contributed by atoms with Crippen LogP contribution in [0.15, 0.2) is 53.0 Å². The number of amides is 4. The fourth-order valence-electron chi connectivity index (χ4n) is 7.10. The summed E-state index contributed by atoms with van der Waals surface area (Å²) in [6.07, 6.45) is 0.307. The lowest BCUT2D eigenvalue weighted by molar-refractivity contribution is -0.120. The average molecular weight is 617 g/mol. The molecule has 2 heterocycles. The fraction of sp³-hybridized carbons (Fsp3) is 0.457. The topological polar surface area (TPSA) is 140 Å². The maximum absolute atomic E-state index is 14.2. The molecule has 0 saturated carbocycles. The molecule has 0 unspecified atom stereocenters. The molecule has 10 nitrogen and oxygen atoms in total. The van der Waals surface area contributed by atoms with Crippen molar-refractivity contribution in [3.63, 3.8) is 0 Å². The first-order chi connectivity index (χ1) is 20.9. The van der Waals surface area contributed by atoms with E-state index in [0.29, 0.717) is 16.8 Å². The molecule has 0 aromatic heterocycles. The molecule has 10 heteroatoms. The van der Waals surface area contributed by atoms with E-state index in [4.69, 9.17) is 4.99 Å². The Bertz CT molecular complexity index is 1540. The van der Waals surface area contributed by atoms with Crippen LogP contribution in [0.25, 0.3) is 17.2 Å². The molecule has 3 N–H and O–H groups in total. The summed E-state index contributed by atoms with van der Waals surface area (Å²) in [6.45, 7) is 16.3. The van der Waals surface area contributed by atoms with Crippen molar-refractivity contribution in [3.05, 3.63) is 59.2 Å². The van der Waals surface area contributed by atoms with E-state index in [1.165, 1.54) is 0 Å². The summed E-state index contributed by atoms with van der Waals surface area (Å²) in [5.41, 5.74) is 0.0248. The summed E-state index contributed by atoms with van der Waals surface area (Å²) in [5.74, 6) is -0.695. The number of carboxylic acid groups (broad SMARTS) is 2. The van der Waals surface area contributed by atoms with Crippen LogP contribution in [0.4, 0.5) is 15.3 Å². The Morgan fingerprint density at radius 2 is 1.40 bits per heavy atom. The number of amidine groups is 1. The van der Waals surface area contributed by atoms with Gasteiger partial charge in [0.25, 0.3) is 5.91 Å². The number of carbonyl (C=O) groups is 4. The van der Waals surface area contributed by atoms with E-state index in [1.54, 1.807) is 24.3 Å². The number of fused-ring (bicyclic) bond motifs is 1. The molecule has 1 saturated heterocycles. The Balaban J connectivity index is 1.99. The minimum Gasteiger partial charge on any atom is -0.464 e. The van der Waals surface area contributed by atoms with E-state index in [2.05, 4.69) is 5.32 Å². The number of likely N-dealkylation sites (tertiary alicyclic amines) is 1. The van der Waals surface area contributed by atoms with E-state index in [-0.39, 0.29) is 28.3 Å². The molecule has 45 heavy (non-hydrogen) atoms. The molecule has 0 atom stereocenters. The zero-order valence-electron chi connectivity index (χ0n) is 27.4. The van der Waals surface area contributed by atoms with Crippen LogP contribution in [0.2, 0.25) is 0 Å². The zero-order chi connectivity index (χ0) is 33.5. The molecule has 2 aromatic carbocycles. The summed E-state index contributed by atoms with van der Waals surface area (Å²) in [7, 11) is 0. The maximum Gasteiger partial charge on any atom is 0.422 e. The number of benzene rings is 2. The van der Waals surface area contributed by atoms with Gasteiger partial charge in [0, 0.05) is 35.8 Å². The van der Waals surface area contributed by atoms with Crippen molar-refractivity contribution < 1.29 is 29.4 Å². The van der Waals surface area contributed by atoms with Crippen molar-refractivity contribution in [2.75, 3.05) is 13.1 Å². The van der Waals surface area contributed by atoms with Gasteiger partial charge >= 0.3 is 12.2 Å². The first kappa shape index (κ1) is 33.4. The Morgan fingerprint density at radius 1 is 0.867 bits per heavy atom. The van der Waals surface area contributed by atoms with Gasteiger partial charge in [-0.2, -0.15) is 4.90 Å². The number of rotatable bonds is 4. The van der Waals surface area contributed by atoms with Crippen LogP contribution in [0, 0.1) is 16.2 Å². The summed E-state index contributed by atoms with van der Waals surface area (Å²) < 4.78 is 0. The van der Waals surface area contributed by atoms with Crippen molar-refractivity contribution in [2.45, 2.75) is 74.3 Å². The smallest absolute Gasteiger partial charge is 0.422 e. The molecule has 2 aliphatic heterocycles. The van der Waals surface area contributed by atoms with Gasteiger partial charge in [0.1, 0.15) is 5.84 Å². The van der Waals surface area contributed by atoms with Gasteiger partial charge in [-0.1, -0.05) is 59.7 Å². The monoisotopic (exact) mass is 616 g/mol. The van der Waals surface area contributed by atoms with Crippen LogP contribution in [-0.2, 0) is 4.79 Å². The van der Waals surface area contributed by atoms with E-state index in [9.17, 15) is 29.4 Å². The summed E-state index contributed by atoms with van der Waals surface area (Å²) in [5, 5.41) is 23.4. The number of hydrogen-bond acceptors (Lipinski definition) is 5. The van der Waals surface area contributed by atoms with Crippen molar-refractivity contribution in [2.24, 2.45) is 21.2 Å². The quantitative estimate of drug-likeness (QED) is 0.330. The summed E-state index contributed by atoms with van der Waals surface area (Å²) in [6, 6.07) is 12.5. The van der Waals surface area contributed by atoms with Gasteiger partial charge in [-0.3, -0.25) is 9.59 Å². The summed E-state index contributed by atoms with van der Waals surface area (Å²) >= 11 is 0. The highest BCUT2D eigenvalue weighted by molar-refractivity contribution is 6.18. The highest BCUT2D eigenvalue weighted by Gasteiger charge is 2.62. The third-order valence-corrected chi connectivity index (χ3v) is 8.66. The van der Waals surface area contributed by atoms with Gasteiger partial charge in [0.15, 0.2) is 0 Å². The van der Waals surface area contributed by atoms with Crippen molar-refractivity contribution in [3.8, 4) is 11.1 Å². The number of carbonyl (C=O) groups excluding carboxylic acids is 2. The maximum atomic E-state index is 14.2. The van der Waals surface area contributed by atoms with Crippen LogP contribution in [0.5, 0.6) is 0 Å². The number of nitrogens with one attached hydrogen (secondary N) is 1. The molecule has 240 valence electrons. The molecule has 0 radical (unpaired) electrons. The van der Waals surface area contributed by atoms with Gasteiger partial charge in [-0.05, 0) is 79.0 Å². The third kappa shape index (κ3) is 6.10. The molecule has 1 fully saturated rings. The van der Waals surface area contributed by atoms with Gasteiger partial charge in [0.05, 0.1) is 11.1 Å². The second kappa shape index (κ2) is 12.1. The van der Waals surface area contributed by atoms with Crippen LogP contribution in [-0.4, -0.2) is 69.0 Å². The predicted molar refractivity (Wildman–Crippen MR) is 175 cm³/mol. The van der Waals surface area contributed by atoms with Crippen molar-refractivity contribution in [1.82, 2.24) is 15.1 Å². The van der Waals surface area contributed by atoms with E-state index in [1.807, 2.05) is 84.6 Å².